The molecule has 2 rings (SSSR count). The van der Waals surface area contributed by atoms with E-state index in [4.69, 9.17) is 4.74 Å². The Morgan fingerprint density at radius 3 is 2.55 bits per heavy atom. The minimum absolute atomic E-state index is 0.0277. The van der Waals surface area contributed by atoms with Crippen molar-refractivity contribution >= 4 is 17.2 Å². The molecule has 0 bridgehead atoms. The lowest BCUT2D eigenvalue weighted by Crippen LogP contribution is -2.28. The number of hydrogen-bond donors (Lipinski definition) is 1. The van der Waals surface area contributed by atoms with Crippen LogP contribution in [0.25, 0.3) is 0 Å². The summed E-state index contributed by atoms with van der Waals surface area (Å²) in [7, 11) is 0. The molecule has 0 saturated carbocycles. The summed E-state index contributed by atoms with van der Waals surface area (Å²) in [6, 6.07) is 7.63. The Bertz CT molecular complexity index is 590. The lowest BCUT2D eigenvalue weighted by atomic mass is 10.2. The first-order valence-electron chi connectivity index (χ1n) is 6.43. The van der Waals surface area contributed by atoms with Crippen LogP contribution in [0.1, 0.15) is 21.1 Å². The number of carbonyl (C=O) groups is 1. The summed E-state index contributed by atoms with van der Waals surface area (Å²) in [5.74, 6) is 0.576. The molecular weight excluding hydrogens is 272 g/mol. The average Bonchev–Trinajstić information content (AvgIpc) is 2.74. The van der Waals surface area contributed by atoms with Gasteiger partial charge in [0.05, 0.1) is 17.2 Å². The predicted molar refractivity (Wildman–Crippen MR) is 80.1 cm³/mol. The molecule has 0 radical (unpaired) electrons. The molecule has 1 N–H and O–H groups in total. The standard InChI is InChI=1S/C15H18N2O2S/c1-10-4-6-13(7-5-10)19-9-15(18)16-8-14-11(2)17-12(3)20-14/h4-7H,8-9H2,1-3H3,(H,16,18). The van der Waals surface area contributed by atoms with E-state index in [1.807, 2.05) is 45.0 Å². The number of aryl methyl sites for hydroxylation is 3. The minimum atomic E-state index is -0.129. The second-order valence-corrected chi connectivity index (χ2v) is 5.91. The molecule has 0 unspecified atom stereocenters. The van der Waals surface area contributed by atoms with Crippen molar-refractivity contribution in [2.24, 2.45) is 0 Å². The molecule has 0 saturated heterocycles. The quantitative estimate of drug-likeness (QED) is 0.921. The van der Waals surface area contributed by atoms with Crippen molar-refractivity contribution in [3.63, 3.8) is 0 Å². The molecule has 1 heterocycles. The number of nitrogens with zero attached hydrogens (tertiary/aromatic N) is 1. The van der Waals surface area contributed by atoms with Gasteiger partial charge in [0.15, 0.2) is 6.61 Å². The monoisotopic (exact) mass is 290 g/mol. The molecule has 0 aliphatic heterocycles. The molecule has 4 nitrogen and oxygen atoms in total. The molecule has 2 aromatic rings. The Labute approximate surface area is 122 Å². The van der Waals surface area contributed by atoms with Crippen LogP contribution in [0.2, 0.25) is 0 Å². The molecule has 1 aromatic heterocycles. The van der Waals surface area contributed by atoms with Crippen molar-refractivity contribution in [3.05, 3.63) is 45.4 Å². The van der Waals surface area contributed by atoms with Gasteiger partial charge in [0.1, 0.15) is 5.75 Å². The summed E-state index contributed by atoms with van der Waals surface area (Å²) in [5, 5.41) is 3.86. The molecule has 1 amide bonds. The van der Waals surface area contributed by atoms with E-state index in [0.717, 1.165) is 21.1 Å². The molecule has 0 atom stereocenters. The SMILES string of the molecule is Cc1ccc(OCC(=O)NCc2sc(C)nc2C)cc1. The van der Waals surface area contributed by atoms with Gasteiger partial charge < -0.3 is 10.1 Å². The molecule has 0 fully saturated rings. The van der Waals surface area contributed by atoms with Gasteiger partial charge >= 0.3 is 0 Å². The first-order valence-corrected chi connectivity index (χ1v) is 7.25. The number of ether oxygens (including phenoxy) is 1. The van der Waals surface area contributed by atoms with Gasteiger partial charge in [0.25, 0.3) is 5.91 Å². The average molecular weight is 290 g/mol. The third kappa shape index (κ3) is 4.06. The van der Waals surface area contributed by atoms with E-state index < -0.39 is 0 Å². The topological polar surface area (TPSA) is 51.2 Å². The van der Waals surface area contributed by atoms with E-state index in [1.54, 1.807) is 11.3 Å². The molecule has 0 aliphatic rings. The first kappa shape index (κ1) is 14.5. The van der Waals surface area contributed by atoms with Crippen LogP contribution in [-0.4, -0.2) is 17.5 Å². The van der Waals surface area contributed by atoms with E-state index in [1.165, 1.54) is 0 Å². The third-order valence-electron chi connectivity index (χ3n) is 2.84. The van der Waals surface area contributed by atoms with Crippen molar-refractivity contribution in [3.8, 4) is 5.75 Å². The maximum Gasteiger partial charge on any atom is 0.258 e. The summed E-state index contributed by atoms with van der Waals surface area (Å²) in [5.41, 5.74) is 2.14. The van der Waals surface area contributed by atoms with E-state index in [2.05, 4.69) is 10.3 Å². The largest absolute Gasteiger partial charge is 0.484 e. The fourth-order valence-corrected chi connectivity index (χ4v) is 2.63. The zero-order chi connectivity index (χ0) is 14.5. The van der Waals surface area contributed by atoms with Crippen molar-refractivity contribution in [1.29, 1.82) is 0 Å². The Hall–Kier alpha value is -1.88. The van der Waals surface area contributed by atoms with Crippen LogP contribution in [0, 0.1) is 20.8 Å². The van der Waals surface area contributed by atoms with Crippen molar-refractivity contribution in [2.45, 2.75) is 27.3 Å². The number of rotatable bonds is 5. The number of carbonyl (C=O) groups excluding carboxylic acids is 1. The molecule has 0 aliphatic carbocycles. The van der Waals surface area contributed by atoms with Crippen molar-refractivity contribution in [2.75, 3.05) is 6.61 Å². The van der Waals surface area contributed by atoms with Gasteiger partial charge in [-0.2, -0.15) is 0 Å². The molecule has 5 heteroatoms. The highest BCUT2D eigenvalue weighted by atomic mass is 32.1. The molecule has 0 spiro atoms. The Balaban J connectivity index is 1.78. The molecule has 106 valence electrons. The Kier molecular flexibility index (Phi) is 4.74. The van der Waals surface area contributed by atoms with Crippen LogP contribution in [0.5, 0.6) is 5.75 Å². The summed E-state index contributed by atoms with van der Waals surface area (Å²) < 4.78 is 5.42. The van der Waals surface area contributed by atoms with Gasteiger partial charge in [-0.1, -0.05) is 17.7 Å². The van der Waals surface area contributed by atoms with Crippen LogP contribution in [0.3, 0.4) is 0 Å². The minimum Gasteiger partial charge on any atom is -0.484 e. The lowest BCUT2D eigenvalue weighted by Gasteiger charge is -2.07. The highest BCUT2D eigenvalue weighted by Gasteiger charge is 2.07. The van der Waals surface area contributed by atoms with E-state index in [-0.39, 0.29) is 12.5 Å². The molecular formula is C15H18N2O2S. The van der Waals surface area contributed by atoms with E-state index >= 15 is 0 Å². The second kappa shape index (κ2) is 6.52. The number of nitrogens with one attached hydrogen (secondary N) is 1. The van der Waals surface area contributed by atoms with Crippen LogP contribution >= 0.6 is 11.3 Å². The van der Waals surface area contributed by atoms with Gasteiger partial charge in [0.2, 0.25) is 0 Å². The van der Waals surface area contributed by atoms with Crippen LogP contribution < -0.4 is 10.1 Å². The highest BCUT2D eigenvalue weighted by Crippen LogP contribution is 2.16. The maximum absolute atomic E-state index is 11.7. The number of benzene rings is 1. The maximum atomic E-state index is 11.7. The van der Waals surface area contributed by atoms with Gasteiger partial charge in [-0.25, -0.2) is 4.98 Å². The zero-order valence-corrected chi connectivity index (χ0v) is 12.7. The highest BCUT2D eigenvalue weighted by molar-refractivity contribution is 7.11. The summed E-state index contributed by atoms with van der Waals surface area (Å²) in [4.78, 5) is 17.1. The van der Waals surface area contributed by atoms with Gasteiger partial charge in [0, 0.05) is 4.88 Å². The summed E-state index contributed by atoms with van der Waals surface area (Å²) in [6.07, 6.45) is 0. The number of aromatic nitrogens is 1. The van der Waals surface area contributed by atoms with Gasteiger partial charge in [-0.3, -0.25) is 4.79 Å². The summed E-state index contributed by atoms with van der Waals surface area (Å²) in [6.45, 7) is 6.46. The second-order valence-electron chi connectivity index (χ2n) is 4.62. The van der Waals surface area contributed by atoms with Crippen molar-refractivity contribution < 1.29 is 9.53 Å². The van der Waals surface area contributed by atoms with Crippen molar-refractivity contribution in [1.82, 2.24) is 10.3 Å². The zero-order valence-electron chi connectivity index (χ0n) is 11.9. The fourth-order valence-electron chi connectivity index (χ4n) is 1.75. The summed E-state index contributed by atoms with van der Waals surface area (Å²) >= 11 is 1.61. The van der Waals surface area contributed by atoms with Crippen LogP contribution in [0.15, 0.2) is 24.3 Å². The Morgan fingerprint density at radius 1 is 1.25 bits per heavy atom. The van der Waals surface area contributed by atoms with Crippen LogP contribution in [-0.2, 0) is 11.3 Å². The van der Waals surface area contributed by atoms with Gasteiger partial charge in [-0.05, 0) is 32.9 Å². The Morgan fingerprint density at radius 2 is 1.95 bits per heavy atom. The first-order chi connectivity index (χ1) is 9.54. The fraction of sp³-hybridized carbons (Fsp3) is 0.333. The smallest absolute Gasteiger partial charge is 0.258 e. The lowest BCUT2D eigenvalue weighted by molar-refractivity contribution is -0.123. The number of thiazole rings is 1. The van der Waals surface area contributed by atoms with Gasteiger partial charge in [-0.15, -0.1) is 11.3 Å². The number of hydrogen-bond acceptors (Lipinski definition) is 4. The molecule has 1 aromatic carbocycles. The van der Waals surface area contributed by atoms with E-state index in [0.29, 0.717) is 12.3 Å². The number of amides is 1. The van der Waals surface area contributed by atoms with Crippen LogP contribution in [0.4, 0.5) is 0 Å². The third-order valence-corrected chi connectivity index (χ3v) is 3.91. The normalized spacial score (nSPS) is 10.3. The predicted octanol–water partition coefficient (Wildman–Crippen LogP) is 2.76. The molecule has 20 heavy (non-hydrogen) atoms. The van der Waals surface area contributed by atoms with E-state index in [9.17, 15) is 4.79 Å².